The molecule has 9 aliphatic heterocycles. The van der Waals surface area contributed by atoms with Crippen molar-refractivity contribution in [3.63, 3.8) is 0 Å². The van der Waals surface area contributed by atoms with Gasteiger partial charge in [-0.2, -0.15) is 0 Å². The van der Waals surface area contributed by atoms with Crippen LogP contribution >= 0.6 is 0 Å². The number of aromatic nitrogens is 8. The van der Waals surface area contributed by atoms with Crippen molar-refractivity contribution in [2.45, 2.75) is 205 Å². The number of carbonyl (C=O) groups is 4. The number of halogens is 5. The van der Waals surface area contributed by atoms with Crippen LogP contribution in [-0.2, 0) is 76.8 Å². The molecule has 10 N–H and O–H groups in total. The Morgan fingerprint density at radius 1 is 0.536 bits per heavy atom. The predicted molar refractivity (Wildman–Crippen MR) is 384 cm³/mol. The topological polar surface area (TPSA) is 430 Å². The molecule has 36 nitrogen and oxygen atoms in total. The number of amides is 4. The average Bonchev–Trinajstić information content (AvgIpc) is 1.66. The van der Waals surface area contributed by atoms with Crippen molar-refractivity contribution in [3.05, 3.63) is 153 Å². The number of carbonyl (C=O) groups excluding carboxylic acids is 4. The van der Waals surface area contributed by atoms with Gasteiger partial charge in [-0.25, -0.2) is 27.0 Å². The Balaban J connectivity index is 0.000000176. The van der Waals surface area contributed by atoms with Crippen LogP contribution in [0, 0.1) is 6.92 Å². The molecule has 0 aromatic carbocycles. The van der Waals surface area contributed by atoms with Crippen LogP contribution in [0.15, 0.2) is 125 Å². The normalized spacial score (nSPS) is 28.0. The van der Waals surface area contributed by atoms with Crippen LogP contribution in [0.2, 0.25) is 0 Å². The summed E-state index contributed by atoms with van der Waals surface area (Å²) in [4.78, 5) is 78.1. The van der Waals surface area contributed by atoms with E-state index >= 15 is 0 Å². The maximum atomic E-state index is 13.9. The molecule has 0 saturated carbocycles. The van der Waals surface area contributed by atoms with Crippen LogP contribution in [0.3, 0.4) is 0 Å². The van der Waals surface area contributed by atoms with Crippen LogP contribution in [0.25, 0.3) is 0 Å². The van der Waals surface area contributed by atoms with Gasteiger partial charge in [0.2, 0.25) is 0 Å². The summed E-state index contributed by atoms with van der Waals surface area (Å²) in [7, 11) is 0. The standard InChI is InChI=1S/C16H22FN5O4.C14H18FN5O3.C14H21FN2O5.C14H21FN2O4.C13H19FN2O4/c1-3-4-20-7-11(18-19-20)8-22-15(24)10(2)6-21(16(22)25)14-5-12(17)13(9-23)26-14;1-8-5-19(9(2)16-14(8)22)13-3-11(12(7-21)23-13)20-6-10(4-15)17-18-20;1-8-5-17(9(2)16-14(8)20)13-3-11(12(6-18)22-13)21-7-10(19)4-15;1-9-7-17(10(2)16-14(9)19)13-6-11(12(8-18)21-13)20-5-3-4-15;1-8-6-16(9(2)15-13(8)18)12-5-10(19-4-3-14)11(7-17)20-12/h6-7,12-14,23H,3-5,8-9H2,1-2H3;5-6,11-13,21H,2-4,7H2,1H3,(H,16,22);5,10-13,18-19H,2-4,6-7H2,1H3,(H,16,20);7,11-13,18H,2-6,8H2,1H3,(H,16,19);6,10-12,17H,2-5,7H2,1H3,(H,15,18)/t12?,13-,14-;11?,12-,13-;10?,11?,12-,13-;11?,12-,13-;10?,11-,12-/m11111/s1. The Morgan fingerprint density at radius 2 is 0.964 bits per heavy atom. The third kappa shape index (κ3) is 22.5. The summed E-state index contributed by atoms with van der Waals surface area (Å²) in [6.07, 6.45) is 4.90. The van der Waals surface area contributed by atoms with E-state index in [1.54, 1.807) is 89.9 Å². The Kier molecular flexibility index (Phi) is 33.0. The Bertz CT molecular complexity index is 4030. The first-order valence-corrected chi connectivity index (χ1v) is 36.3. The first-order chi connectivity index (χ1) is 53.5. The molecule has 0 spiro atoms. The number of nitrogens with one attached hydrogen (secondary N) is 4. The third-order valence-electron chi connectivity index (χ3n) is 18.9. The van der Waals surface area contributed by atoms with Crippen molar-refractivity contribution in [2.75, 3.05) is 72.9 Å². The fraction of sp³-hybridized carbons (Fsp3) is 0.606. The Morgan fingerprint density at radius 3 is 1.38 bits per heavy atom. The predicted octanol–water partition coefficient (Wildman–Crippen LogP) is 0.706. The van der Waals surface area contributed by atoms with Gasteiger partial charge in [-0.05, 0) is 47.5 Å². The molecule has 16 atom stereocenters. The molecule has 5 fully saturated rings. The number of aliphatic hydroxyl groups is 6. The van der Waals surface area contributed by atoms with E-state index in [1.807, 2.05) is 6.92 Å². The van der Waals surface area contributed by atoms with Crippen LogP contribution < -0.4 is 32.5 Å². The smallest absolute Gasteiger partial charge is 0.333 e. The number of hydrogen-bond acceptors (Lipinski definition) is 28. The van der Waals surface area contributed by atoms with E-state index in [9.17, 15) is 76.3 Å². The van der Waals surface area contributed by atoms with Crippen LogP contribution in [0.5, 0.6) is 0 Å². The zero-order chi connectivity index (χ0) is 81.8. The molecule has 6 unspecified atom stereocenters. The third-order valence-corrected chi connectivity index (χ3v) is 18.9. The van der Waals surface area contributed by atoms with Crippen molar-refractivity contribution in [3.8, 4) is 0 Å². The molecule has 12 heterocycles. The number of rotatable bonds is 27. The van der Waals surface area contributed by atoms with Crippen LogP contribution in [-0.4, -0.2) is 272 Å². The lowest BCUT2D eigenvalue weighted by Crippen LogP contribution is -2.42. The second kappa shape index (κ2) is 41.7. The highest BCUT2D eigenvalue weighted by Gasteiger charge is 2.45. The molecule has 0 radical (unpaired) electrons. The fourth-order valence-corrected chi connectivity index (χ4v) is 12.9. The number of hydrogen-bond donors (Lipinski definition) is 10. The van der Waals surface area contributed by atoms with Gasteiger partial charge in [0.1, 0.15) is 129 Å². The minimum absolute atomic E-state index is 0.0240. The molecule has 3 aromatic heterocycles. The van der Waals surface area contributed by atoms with E-state index in [0.29, 0.717) is 102 Å². The molecule has 0 aliphatic carbocycles. The summed E-state index contributed by atoms with van der Waals surface area (Å²) < 4.78 is 113. The summed E-state index contributed by atoms with van der Waals surface area (Å²) in [5, 5.41) is 82.0. The fourth-order valence-electron chi connectivity index (χ4n) is 12.9. The van der Waals surface area contributed by atoms with E-state index in [0.717, 1.165) is 11.0 Å². The Labute approximate surface area is 641 Å². The maximum absolute atomic E-state index is 13.9. The number of nitrogens with zero attached hydrogens (tertiary/aromatic N) is 12. The molecule has 112 heavy (non-hydrogen) atoms. The van der Waals surface area contributed by atoms with Crippen molar-refractivity contribution >= 4 is 23.6 Å². The monoisotopic (exact) mass is 1590 g/mol. The highest BCUT2D eigenvalue weighted by molar-refractivity contribution is 5.96. The van der Waals surface area contributed by atoms with Gasteiger partial charge >= 0.3 is 5.69 Å². The average molecular weight is 1590 g/mol. The SMILES string of the molecule is C=C1NC(=O)C(C)=CN1[C@H]1CC(OCC(O)CF)[C@@H](CO)O1.C=C1NC(=O)C(C)=CN1[C@H]1CC(OCCCF)[C@@H](CO)O1.C=C1NC(=O)C(C)=CN1[C@H]1CC(OCCF)[C@@H](CO)O1.C=C1NC(=O)C(C)=CN1[C@H]1CC(n2cc(CF)nn2)[C@@H](CO)O1.CCCn1cc(Cn2c(=O)c(C)cn([C@H]3CC(F)[C@@H](CO)O3)c2=O)nn1. The lowest BCUT2D eigenvalue weighted by Gasteiger charge is -2.32. The van der Waals surface area contributed by atoms with Gasteiger partial charge in [-0.3, -0.25) is 42.2 Å². The van der Waals surface area contributed by atoms with Gasteiger partial charge in [0.15, 0.2) is 0 Å². The summed E-state index contributed by atoms with van der Waals surface area (Å²) in [6, 6.07) is -0.281. The van der Waals surface area contributed by atoms with Gasteiger partial charge in [0.25, 0.3) is 29.2 Å². The molecule has 41 heteroatoms. The van der Waals surface area contributed by atoms with Gasteiger partial charge in [-0.1, -0.05) is 43.7 Å². The van der Waals surface area contributed by atoms with E-state index in [1.165, 1.54) is 21.6 Å². The second-order valence-electron chi connectivity index (χ2n) is 27.2. The number of ether oxygens (including phenoxy) is 8. The Hall–Kier alpha value is -8.95. The van der Waals surface area contributed by atoms with Crippen molar-refractivity contribution in [2.24, 2.45) is 0 Å². The minimum Gasteiger partial charge on any atom is -0.394 e. The zero-order valence-electron chi connectivity index (χ0n) is 63.1. The first-order valence-electron chi connectivity index (χ1n) is 36.3. The molecule has 3 aromatic rings. The maximum Gasteiger partial charge on any atom is 0.333 e. The van der Waals surface area contributed by atoms with Crippen molar-refractivity contribution < 1.29 is 110 Å². The van der Waals surface area contributed by atoms with E-state index in [2.05, 4.69) is 68.2 Å². The summed E-state index contributed by atoms with van der Waals surface area (Å²) in [5.74, 6) is 0.801. The molecule has 0 bridgehead atoms. The molecule has 9 aliphatic rings. The van der Waals surface area contributed by atoms with E-state index < -0.39 is 118 Å². The number of aryl methyl sites for hydroxylation is 2. The molecule has 12 rings (SSSR count). The van der Waals surface area contributed by atoms with E-state index in [-0.39, 0.29) is 106 Å². The van der Waals surface area contributed by atoms with E-state index in [4.69, 9.17) is 43.0 Å². The first kappa shape index (κ1) is 88.6. The molecular formula is C71H101F5N16O20. The van der Waals surface area contributed by atoms with Crippen molar-refractivity contribution in [1.82, 2.24) is 80.0 Å². The highest BCUT2D eigenvalue weighted by atomic mass is 19.1. The van der Waals surface area contributed by atoms with Gasteiger partial charge in [0, 0.05) is 104 Å². The lowest BCUT2D eigenvalue weighted by atomic mass is 10.1. The quantitative estimate of drug-likeness (QED) is 0.0371. The van der Waals surface area contributed by atoms with Crippen molar-refractivity contribution in [1.29, 1.82) is 0 Å². The molecular weight excluding hydrogens is 1490 g/mol. The highest BCUT2D eigenvalue weighted by Crippen LogP contribution is 2.37. The number of alkyl halides is 5. The number of aliphatic hydroxyl groups excluding tert-OH is 6. The summed E-state index contributed by atoms with van der Waals surface area (Å²) in [6.45, 7) is 22.3. The second-order valence-corrected chi connectivity index (χ2v) is 27.2. The van der Waals surface area contributed by atoms with Gasteiger partial charge < -0.3 is 109 Å². The molecule has 4 amide bonds. The summed E-state index contributed by atoms with van der Waals surface area (Å²) in [5.41, 5.74) is 2.12. The zero-order valence-corrected chi connectivity index (χ0v) is 63.1. The lowest BCUT2D eigenvalue weighted by molar-refractivity contribution is -0.119. The van der Waals surface area contributed by atoms with Crippen LogP contribution in [0.4, 0.5) is 22.0 Å². The largest absolute Gasteiger partial charge is 0.394 e. The minimum atomic E-state index is -1.37. The summed E-state index contributed by atoms with van der Waals surface area (Å²) >= 11 is 0. The van der Waals surface area contributed by atoms with Crippen LogP contribution in [0.1, 0.15) is 109 Å². The van der Waals surface area contributed by atoms with Gasteiger partial charge in [0.05, 0.1) is 96.2 Å². The van der Waals surface area contributed by atoms with Gasteiger partial charge in [-0.15, -0.1) is 10.2 Å². The molecule has 620 valence electrons. The molecule has 5 saturated heterocycles.